The second-order valence-corrected chi connectivity index (χ2v) is 15.2. The molecule has 4 heterocycles. The van der Waals surface area contributed by atoms with Gasteiger partial charge in [-0.1, -0.05) is 18.2 Å². The number of benzene rings is 4. The molecule has 0 radical (unpaired) electrons. The van der Waals surface area contributed by atoms with Crippen LogP contribution in [0.1, 0.15) is 52.4 Å². The molecule has 8 rings (SSSR count). The lowest BCUT2D eigenvalue weighted by Gasteiger charge is -2.47. The number of nitrogens with zero attached hydrogens (tertiary/aromatic N) is 2. The third-order valence-electron chi connectivity index (χ3n) is 11.7. The van der Waals surface area contributed by atoms with Gasteiger partial charge in [0.05, 0.1) is 72.6 Å². The number of carboxylic acids is 2. The van der Waals surface area contributed by atoms with E-state index in [4.69, 9.17) is 28.4 Å². The number of ether oxygens (including phenoxy) is 6. The molecule has 12 nitrogen and oxygen atoms in total. The number of carbonyl (C=O) groups is 2. The maximum absolute atomic E-state index is 12.4. The molecule has 4 aromatic rings. The van der Waals surface area contributed by atoms with Crippen molar-refractivity contribution >= 4 is 11.9 Å². The van der Waals surface area contributed by atoms with Gasteiger partial charge in [-0.05, 0) is 71.6 Å². The monoisotopic (exact) mass is 752 g/mol. The third kappa shape index (κ3) is 7.24. The molecule has 0 amide bonds. The zero-order valence-electron chi connectivity index (χ0n) is 32.3. The summed E-state index contributed by atoms with van der Waals surface area (Å²) in [6, 6.07) is 18.7. The molecule has 4 atom stereocenters. The van der Waals surface area contributed by atoms with Gasteiger partial charge in [-0.3, -0.25) is 0 Å². The van der Waals surface area contributed by atoms with E-state index in [1.807, 2.05) is 81.7 Å². The van der Waals surface area contributed by atoms with Gasteiger partial charge in [0.2, 0.25) is 5.75 Å². The standard InChI is InChI=1S/C43H48N2O10/c1-7-53-42-38(52-6)22-29-15-17-45(3,25-40(48)49)33-19-27-10-13-34(50-4)36(20-27)54-30-11-8-26(9-12-30)18-32-31-23-37(55-43(42)41(29)33)35(51-5)21-28(31)14-16-44(32,2)24-39(46)47/h8-13,20-23,32-33H,7,14-19,24-25H2,1-6H3. The molecule has 0 aliphatic carbocycles. The van der Waals surface area contributed by atoms with Crippen molar-refractivity contribution in [2.45, 2.75) is 44.7 Å². The first-order valence-corrected chi connectivity index (χ1v) is 18.7. The van der Waals surface area contributed by atoms with Crippen LogP contribution >= 0.6 is 0 Å². The summed E-state index contributed by atoms with van der Waals surface area (Å²) in [5.74, 6) is 1.58. The molecule has 55 heavy (non-hydrogen) atoms. The van der Waals surface area contributed by atoms with Gasteiger partial charge in [-0.15, -0.1) is 0 Å². The van der Waals surface area contributed by atoms with Gasteiger partial charge in [0.25, 0.3) is 0 Å². The van der Waals surface area contributed by atoms with Gasteiger partial charge in [-0.25, -0.2) is 0 Å². The Balaban J connectivity index is 1.53. The van der Waals surface area contributed by atoms with E-state index < -0.39 is 18.0 Å². The molecule has 4 aliphatic heterocycles. The maximum Gasteiger partial charge on any atom is 0.204 e. The highest BCUT2D eigenvalue weighted by atomic mass is 16.6. The van der Waals surface area contributed by atoms with E-state index in [-0.39, 0.29) is 28.1 Å². The van der Waals surface area contributed by atoms with Gasteiger partial charge < -0.3 is 57.2 Å². The first-order valence-electron chi connectivity index (χ1n) is 18.7. The molecule has 4 unspecified atom stereocenters. The second kappa shape index (κ2) is 15.0. The number of aliphatic carboxylic acids is 2. The molecule has 0 N–H and O–H groups in total. The summed E-state index contributed by atoms with van der Waals surface area (Å²) >= 11 is 0. The Bertz CT molecular complexity index is 2120. The van der Waals surface area contributed by atoms with E-state index >= 15 is 0 Å². The Morgan fingerprint density at radius 2 is 1.29 bits per heavy atom. The molecule has 0 aromatic heterocycles. The lowest BCUT2D eigenvalue weighted by Crippen LogP contribution is -2.56. The fraction of sp³-hybridized carbons (Fsp3) is 0.395. The van der Waals surface area contributed by atoms with Crippen molar-refractivity contribution in [2.24, 2.45) is 0 Å². The lowest BCUT2D eigenvalue weighted by atomic mass is 9.85. The van der Waals surface area contributed by atoms with Crippen LogP contribution in [-0.4, -0.2) is 89.1 Å². The minimum Gasteiger partial charge on any atom is -0.544 e. The van der Waals surface area contributed by atoms with Crippen LogP contribution in [0.3, 0.4) is 0 Å². The minimum atomic E-state index is -1.16. The average molecular weight is 753 g/mol. The second-order valence-electron chi connectivity index (χ2n) is 15.2. The van der Waals surface area contributed by atoms with E-state index in [1.54, 1.807) is 21.3 Å². The number of carboxylic acid groups (broad SMARTS) is 2. The molecule has 0 saturated carbocycles. The van der Waals surface area contributed by atoms with Crippen LogP contribution in [-0.2, 0) is 35.3 Å². The molecule has 0 saturated heterocycles. The Kier molecular flexibility index (Phi) is 10.3. The van der Waals surface area contributed by atoms with Crippen LogP contribution in [0.15, 0.2) is 60.7 Å². The van der Waals surface area contributed by atoms with E-state index in [1.165, 1.54) is 0 Å². The van der Waals surface area contributed by atoms with E-state index in [0.29, 0.717) is 91.4 Å². The predicted molar refractivity (Wildman–Crippen MR) is 199 cm³/mol. The van der Waals surface area contributed by atoms with Gasteiger partial charge in [0.15, 0.2) is 34.5 Å². The number of hydrogen-bond acceptors (Lipinski definition) is 10. The Morgan fingerprint density at radius 1 is 0.709 bits per heavy atom. The molecule has 6 bridgehead atoms. The topological polar surface area (TPSA) is 136 Å². The van der Waals surface area contributed by atoms with Gasteiger partial charge in [-0.2, -0.15) is 0 Å². The average Bonchev–Trinajstić information content (AvgIpc) is 3.14. The van der Waals surface area contributed by atoms with E-state index in [9.17, 15) is 19.8 Å². The molecule has 4 aromatic carbocycles. The van der Waals surface area contributed by atoms with Gasteiger partial charge >= 0.3 is 0 Å². The summed E-state index contributed by atoms with van der Waals surface area (Å²) in [5, 5.41) is 24.7. The van der Waals surface area contributed by atoms with Crippen molar-refractivity contribution in [2.75, 3.05) is 68.2 Å². The normalized spacial score (nSPS) is 22.5. The Labute approximate surface area is 321 Å². The zero-order chi connectivity index (χ0) is 39.1. The molecule has 290 valence electrons. The first kappa shape index (κ1) is 37.8. The number of rotatable bonds is 9. The maximum atomic E-state index is 12.4. The highest BCUT2D eigenvalue weighted by molar-refractivity contribution is 5.67. The lowest BCUT2D eigenvalue weighted by molar-refractivity contribution is -0.936. The van der Waals surface area contributed by atoms with Crippen LogP contribution < -0.4 is 38.6 Å². The summed E-state index contributed by atoms with van der Waals surface area (Å²) in [7, 11) is 8.66. The summed E-state index contributed by atoms with van der Waals surface area (Å²) in [5.41, 5.74) is 5.62. The van der Waals surface area contributed by atoms with Crippen molar-refractivity contribution in [1.82, 2.24) is 0 Å². The number of carbonyl (C=O) groups excluding carboxylic acids is 2. The van der Waals surface area contributed by atoms with E-state index in [2.05, 4.69) is 0 Å². The minimum absolute atomic E-state index is 0.135. The number of hydrogen-bond donors (Lipinski definition) is 0. The largest absolute Gasteiger partial charge is 0.544 e. The third-order valence-corrected chi connectivity index (χ3v) is 11.7. The van der Waals surface area contributed by atoms with Gasteiger partial charge in [0, 0.05) is 31.2 Å². The Hall–Kier alpha value is -5.46. The molecule has 0 spiro atoms. The van der Waals surface area contributed by atoms with Gasteiger partial charge in [0.1, 0.15) is 30.9 Å². The van der Waals surface area contributed by atoms with E-state index in [0.717, 1.165) is 33.4 Å². The van der Waals surface area contributed by atoms with Crippen LogP contribution in [0.4, 0.5) is 0 Å². The SMILES string of the molecule is CCOc1c(OC)cc2c3c1Oc1cc4c(cc1OC)CC[N+](C)(CC(=O)[O-])C4Cc1ccc(cc1)Oc1cc(ccc1OC)CC3[N+](C)(CC(=O)[O-])CC2. The van der Waals surface area contributed by atoms with Crippen molar-refractivity contribution in [3.8, 4) is 46.0 Å². The number of fused-ring (bicyclic) bond motifs is 2. The first-order chi connectivity index (χ1) is 26.4. The molecule has 4 aliphatic rings. The fourth-order valence-electron chi connectivity index (χ4n) is 8.81. The van der Waals surface area contributed by atoms with Crippen molar-refractivity contribution in [3.63, 3.8) is 0 Å². The number of quaternary nitrogens is 2. The summed E-state index contributed by atoms with van der Waals surface area (Å²) in [6.07, 6.45) is 2.11. The number of methoxy groups -OCH3 is 3. The zero-order valence-corrected chi connectivity index (χ0v) is 32.3. The molecule has 0 fully saturated rings. The van der Waals surface area contributed by atoms with Crippen LogP contribution in [0.2, 0.25) is 0 Å². The summed E-state index contributed by atoms with van der Waals surface area (Å²) < 4.78 is 37.9. The van der Waals surface area contributed by atoms with Crippen molar-refractivity contribution < 1.29 is 57.2 Å². The molecule has 12 heteroatoms. The summed E-state index contributed by atoms with van der Waals surface area (Å²) in [4.78, 5) is 24.7. The van der Waals surface area contributed by atoms with Crippen LogP contribution in [0, 0.1) is 0 Å². The smallest absolute Gasteiger partial charge is 0.204 e. The highest BCUT2D eigenvalue weighted by Crippen LogP contribution is 2.54. The number of likely N-dealkylation sites (N-methyl/N-ethyl adjacent to an activating group) is 2. The molecular weight excluding hydrogens is 704 g/mol. The van der Waals surface area contributed by atoms with Crippen molar-refractivity contribution in [3.05, 3.63) is 94.0 Å². The van der Waals surface area contributed by atoms with Crippen LogP contribution in [0.5, 0.6) is 46.0 Å². The molecular formula is C43H48N2O10. The summed E-state index contributed by atoms with van der Waals surface area (Å²) in [6.45, 7) is 2.89. The Morgan fingerprint density at radius 3 is 1.93 bits per heavy atom. The highest BCUT2D eigenvalue weighted by Gasteiger charge is 2.45. The predicted octanol–water partition coefficient (Wildman–Crippen LogP) is 4.08. The van der Waals surface area contributed by atoms with Crippen molar-refractivity contribution in [1.29, 1.82) is 0 Å². The van der Waals surface area contributed by atoms with Crippen LogP contribution in [0.25, 0.3) is 0 Å². The fourth-order valence-corrected chi connectivity index (χ4v) is 8.81. The quantitative estimate of drug-likeness (QED) is 0.230.